The van der Waals surface area contributed by atoms with Crippen LogP contribution in [0, 0.1) is 0 Å². The second kappa shape index (κ2) is 3.48. The Morgan fingerprint density at radius 2 is 2.20 bits per heavy atom. The van der Waals surface area contributed by atoms with Crippen molar-refractivity contribution in [2.45, 2.75) is 6.54 Å². The number of hydrogen-bond acceptors (Lipinski definition) is 2. The molecule has 4 heteroatoms. The lowest BCUT2D eigenvalue weighted by Crippen LogP contribution is -1.78. The van der Waals surface area contributed by atoms with Crippen molar-refractivity contribution in [2.75, 3.05) is 0 Å². The lowest BCUT2D eigenvalue weighted by Gasteiger charge is -1.89. The van der Waals surface area contributed by atoms with E-state index in [1.807, 2.05) is 12.1 Å². The van der Waals surface area contributed by atoms with Gasteiger partial charge in [-0.2, -0.15) is 0 Å². The van der Waals surface area contributed by atoms with Crippen LogP contribution >= 0.6 is 0 Å². The molecule has 4 nitrogen and oxygen atoms in total. The van der Waals surface area contributed by atoms with E-state index < -0.39 is 0 Å². The van der Waals surface area contributed by atoms with Crippen LogP contribution in [0.25, 0.3) is 10.4 Å². The zero-order chi connectivity index (χ0) is 7.23. The summed E-state index contributed by atoms with van der Waals surface area (Å²) in [6, 6.07) is 3.63. The zero-order valence-electron chi connectivity index (χ0n) is 5.31. The standard InChI is InChI=1S/C6H6N4/c7-10-9-5-6-1-3-8-4-2-6/h1-4H,5H2. The van der Waals surface area contributed by atoms with E-state index in [4.69, 9.17) is 5.53 Å². The van der Waals surface area contributed by atoms with Gasteiger partial charge < -0.3 is 0 Å². The van der Waals surface area contributed by atoms with E-state index in [1.54, 1.807) is 12.4 Å². The predicted octanol–water partition coefficient (Wildman–Crippen LogP) is 1.89. The summed E-state index contributed by atoms with van der Waals surface area (Å²) >= 11 is 0. The monoisotopic (exact) mass is 134 g/mol. The van der Waals surface area contributed by atoms with Crippen molar-refractivity contribution in [3.63, 3.8) is 0 Å². The molecule has 0 amide bonds. The zero-order valence-corrected chi connectivity index (χ0v) is 5.31. The van der Waals surface area contributed by atoms with Crippen LogP contribution in [0.1, 0.15) is 5.56 Å². The highest BCUT2D eigenvalue weighted by atomic mass is 15.1. The molecule has 0 fully saturated rings. The quantitative estimate of drug-likeness (QED) is 0.346. The van der Waals surface area contributed by atoms with Crippen molar-refractivity contribution >= 4 is 0 Å². The van der Waals surface area contributed by atoms with Gasteiger partial charge in [0, 0.05) is 17.3 Å². The summed E-state index contributed by atoms with van der Waals surface area (Å²) in [6.07, 6.45) is 3.34. The Bertz CT molecular complexity index is 237. The van der Waals surface area contributed by atoms with Crippen LogP contribution < -0.4 is 0 Å². The van der Waals surface area contributed by atoms with Gasteiger partial charge in [-0.1, -0.05) is 5.11 Å². The van der Waals surface area contributed by atoms with Crippen molar-refractivity contribution in [1.82, 2.24) is 4.98 Å². The molecule has 0 atom stereocenters. The number of azide groups is 1. The van der Waals surface area contributed by atoms with Crippen molar-refractivity contribution < 1.29 is 0 Å². The Hall–Kier alpha value is -1.54. The highest BCUT2D eigenvalue weighted by molar-refractivity contribution is 5.08. The topological polar surface area (TPSA) is 61.7 Å². The van der Waals surface area contributed by atoms with Crippen LogP contribution in [0.15, 0.2) is 29.6 Å². The van der Waals surface area contributed by atoms with Crippen LogP contribution in [0.5, 0.6) is 0 Å². The molecule has 0 aliphatic heterocycles. The van der Waals surface area contributed by atoms with Gasteiger partial charge in [0.05, 0.1) is 6.54 Å². The summed E-state index contributed by atoms with van der Waals surface area (Å²) in [7, 11) is 0. The van der Waals surface area contributed by atoms with E-state index in [0.717, 1.165) is 5.56 Å². The SMILES string of the molecule is [N-]=[N+]=NCc1ccncc1. The molecule has 1 heterocycles. The molecule has 0 aliphatic carbocycles. The Labute approximate surface area is 58.1 Å². The normalized spacial score (nSPS) is 8.40. The first-order chi connectivity index (χ1) is 4.93. The third kappa shape index (κ3) is 1.76. The van der Waals surface area contributed by atoms with Crippen molar-refractivity contribution in [1.29, 1.82) is 0 Å². The largest absolute Gasteiger partial charge is 0.265 e. The van der Waals surface area contributed by atoms with E-state index in [0.29, 0.717) is 6.54 Å². The average Bonchev–Trinajstić information content (AvgIpc) is 2.03. The van der Waals surface area contributed by atoms with Gasteiger partial charge in [0.2, 0.25) is 0 Å². The fraction of sp³-hybridized carbons (Fsp3) is 0.167. The molecular weight excluding hydrogens is 128 g/mol. The van der Waals surface area contributed by atoms with Crippen molar-refractivity contribution in [3.8, 4) is 0 Å². The maximum absolute atomic E-state index is 7.97. The minimum atomic E-state index is 0.402. The van der Waals surface area contributed by atoms with Crippen LogP contribution in [0.3, 0.4) is 0 Å². The maximum Gasteiger partial charge on any atom is 0.0511 e. The predicted molar refractivity (Wildman–Crippen MR) is 37.1 cm³/mol. The lowest BCUT2D eigenvalue weighted by atomic mass is 10.3. The molecule has 1 aromatic rings. The van der Waals surface area contributed by atoms with Crippen LogP contribution in [-0.2, 0) is 6.54 Å². The second-order valence-electron chi connectivity index (χ2n) is 1.74. The Kier molecular flexibility index (Phi) is 2.29. The Morgan fingerprint density at radius 1 is 1.50 bits per heavy atom. The Balaban J connectivity index is 2.67. The molecule has 0 unspecified atom stereocenters. The molecule has 1 rings (SSSR count). The van der Waals surface area contributed by atoms with Gasteiger partial charge in [-0.3, -0.25) is 4.98 Å². The van der Waals surface area contributed by atoms with Gasteiger partial charge in [0.25, 0.3) is 0 Å². The molecule has 0 spiro atoms. The van der Waals surface area contributed by atoms with E-state index >= 15 is 0 Å². The summed E-state index contributed by atoms with van der Waals surface area (Å²) in [6.45, 7) is 0.402. The highest BCUT2D eigenvalue weighted by Gasteiger charge is 1.84. The first-order valence-electron chi connectivity index (χ1n) is 2.83. The van der Waals surface area contributed by atoms with Gasteiger partial charge in [0.1, 0.15) is 0 Å². The summed E-state index contributed by atoms with van der Waals surface area (Å²) in [5.74, 6) is 0. The third-order valence-corrected chi connectivity index (χ3v) is 1.07. The third-order valence-electron chi connectivity index (χ3n) is 1.07. The molecule has 0 radical (unpaired) electrons. The molecule has 50 valence electrons. The number of rotatable bonds is 2. The summed E-state index contributed by atoms with van der Waals surface area (Å²) in [4.78, 5) is 6.45. The minimum absolute atomic E-state index is 0.402. The molecular formula is C6H6N4. The van der Waals surface area contributed by atoms with Gasteiger partial charge in [0.15, 0.2) is 0 Å². The molecule has 0 aromatic carbocycles. The van der Waals surface area contributed by atoms with Crippen LogP contribution in [-0.4, -0.2) is 4.98 Å². The summed E-state index contributed by atoms with van der Waals surface area (Å²) < 4.78 is 0. The molecule has 0 aliphatic rings. The highest BCUT2D eigenvalue weighted by Crippen LogP contribution is 1.97. The fourth-order valence-electron chi connectivity index (χ4n) is 0.601. The second-order valence-corrected chi connectivity index (χ2v) is 1.74. The average molecular weight is 134 g/mol. The van der Waals surface area contributed by atoms with E-state index in [1.165, 1.54) is 0 Å². The molecule has 1 aromatic heterocycles. The van der Waals surface area contributed by atoms with E-state index in [-0.39, 0.29) is 0 Å². The van der Waals surface area contributed by atoms with Gasteiger partial charge in [-0.25, -0.2) is 0 Å². The fourth-order valence-corrected chi connectivity index (χ4v) is 0.601. The Morgan fingerprint density at radius 3 is 2.80 bits per heavy atom. The van der Waals surface area contributed by atoms with Crippen molar-refractivity contribution in [3.05, 3.63) is 40.5 Å². The number of hydrogen-bond donors (Lipinski definition) is 0. The number of aromatic nitrogens is 1. The molecule has 0 saturated carbocycles. The lowest BCUT2D eigenvalue weighted by molar-refractivity contribution is 1.04. The van der Waals surface area contributed by atoms with E-state index in [9.17, 15) is 0 Å². The smallest absolute Gasteiger partial charge is 0.0511 e. The van der Waals surface area contributed by atoms with E-state index in [2.05, 4.69) is 15.0 Å². The van der Waals surface area contributed by atoms with Gasteiger partial charge >= 0.3 is 0 Å². The molecule has 0 N–H and O–H groups in total. The van der Waals surface area contributed by atoms with Crippen LogP contribution in [0.4, 0.5) is 0 Å². The molecule has 0 bridgehead atoms. The van der Waals surface area contributed by atoms with Crippen molar-refractivity contribution in [2.24, 2.45) is 5.11 Å². The molecule has 10 heavy (non-hydrogen) atoms. The van der Waals surface area contributed by atoms with Crippen LogP contribution in [0.2, 0.25) is 0 Å². The summed E-state index contributed by atoms with van der Waals surface area (Å²) in [5, 5.41) is 3.39. The first-order valence-corrected chi connectivity index (χ1v) is 2.83. The maximum atomic E-state index is 7.97. The first kappa shape index (κ1) is 6.58. The van der Waals surface area contributed by atoms with Gasteiger partial charge in [-0.15, -0.1) is 0 Å². The van der Waals surface area contributed by atoms with Gasteiger partial charge in [-0.05, 0) is 23.2 Å². The number of pyridine rings is 1. The number of nitrogens with zero attached hydrogens (tertiary/aromatic N) is 4. The molecule has 0 saturated heterocycles. The minimum Gasteiger partial charge on any atom is -0.265 e. The summed E-state index contributed by atoms with van der Waals surface area (Å²) in [5.41, 5.74) is 8.95.